The molecular formula is C12H8BrClN2O3. The highest BCUT2D eigenvalue weighted by Crippen LogP contribution is 2.35. The van der Waals surface area contributed by atoms with Gasteiger partial charge in [0.15, 0.2) is 0 Å². The van der Waals surface area contributed by atoms with Crippen LogP contribution in [0, 0.1) is 10.1 Å². The van der Waals surface area contributed by atoms with E-state index in [4.69, 9.17) is 16.3 Å². The summed E-state index contributed by atoms with van der Waals surface area (Å²) in [6.07, 6.45) is 1.56. The van der Waals surface area contributed by atoms with Crippen molar-refractivity contribution >= 4 is 33.2 Å². The Morgan fingerprint density at radius 3 is 2.84 bits per heavy atom. The second-order valence-corrected chi connectivity index (χ2v) is 4.80. The van der Waals surface area contributed by atoms with Crippen molar-refractivity contribution in [1.82, 2.24) is 4.98 Å². The molecule has 2 aromatic rings. The Morgan fingerprint density at radius 1 is 1.37 bits per heavy atom. The molecule has 1 heterocycles. The zero-order valence-corrected chi connectivity index (χ0v) is 11.9. The minimum atomic E-state index is -0.495. The van der Waals surface area contributed by atoms with E-state index in [0.717, 1.165) is 0 Å². The maximum Gasteiger partial charge on any atom is 0.312 e. The van der Waals surface area contributed by atoms with Crippen LogP contribution >= 0.6 is 27.5 Å². The van der Waals surface area contributed by atoms with E-state index in [2.05, 4.69) is 20.9 Å². The number of pyridine rings is 1. The quantitative estimate of drug-likeness (QED) is 0.478. The van der Waals surface area contributed by atoms with Crippen molar-refractivity contribution in [2.45, 2.75) is 6.61 Å². The first-order valence-corrected chi connectivity index (χ1v) is 6.42. The Balaban J connectivity index is 2.25. The van der Waals surface area contributed by atoms with Gasteiger partial charge in [0.2, 0.25) is 5.75 Å². The second-order valence-electron chi connectivity index (χ2n) is 3.59. The number of aromatic nitrogens is 1. The molecule has 0 radical (unpaired) electrons. The lowest BCUT2D eigenvalue weighted by Crippen LogP contribution is -2.01. The van der Waals surface area contributed by atoms with E-state index < -0.39 is 4.92 Å². The summed E-state index contributed by atoms with van der Waals surface area (Å²) in [6.45, 7) is 0.107. The van der Waals surface area contributed by atoms with Crippen LogP contribution < -0.4 is 4.74 Å². The minimum absolute atomic E-state index is 0.102. The fourth-order valence-corrected chi connectivity index (χ4v) is 2.11. The summed E-state index contributed by atoms with van der Waals surface area (Å²) in [7, 11) is 0. The van der Waals surface area contributed by atoms with Crippen molar-refractivity contribution < 1.29 is 9.66 Å². The van der Waals surface area contributed by atoms with E-state index in [9.17, 15) is 10.1 Å². The average molecular weight is 344 g/mol. The van der Waals surface area contributed by atoms with Crippen LogP contribution in [-0.2, 0) is 6.61 Å². The number of rotatable bonds is 4. The van der Waals surface area contributed by atoms with E-state index in [-0.39, 0.29) is 18.0 Å². The number of nitro groups is 1. The van der Waals surface area contributed by atoms with Crippen LogP contribution in [0.25, 0.3) is 0 Å². The highest BCUT2D eigenvalue weighted by atomic mass is 79.9. The normalized spacial score (nSPS) is 10.2. The molecule has 0 aliphatic rings. The molecular weight excluding hydrogens is 336 g/mol. The van der Waals surface area contributed by atoms with Crippen molar-refractivity contribution in [3.63, 3.8) is 0 Å². The maximum absolute atomic E-state index is 10.9. The van der Waals surface area contributed by atoms with Crippen molar-refractivity contribution in [3.8, 4) is 5.75 Å². The van der Waals surface area contributed by atoms with Crippen LogP contribution in [0.2, 0.25) is 5.15 Å². The molecule has 19 heavy (non-hydrogen) atoms. The van der Waals surface area contributed by atoms with Gasteiger partial charge in [-0.3, -0.25) is 10.1 Å². The van der Waals surface area contributed by atoms with Crippen LogP contribution in [0.4, 0.5) is 5.69 Å². The second kappa shape index (κ2) is 5.99. The molecule has 0 atom stereocenters. The number of para-hydroxylation sites is 1. The summed E-state index contributed by atoms with van der Waals surface area (Å²) in [4.78, 5) is 14.3. The monoisotopic (exact) mass is 342 g/mol. The first kappa shape index (κ1) is 13.8. The SMILES string of the molecule is O=[N+]([O-])c1cccc(Br)c1OCc1cccnc1Cl. The summed E-state index contributed by atoms with van der Waals surface area (Å²) in [5, 5.41) is 11.2. The van der Waals surface area contributed by atoms with Crippen LogP contribution in [-0.4, -0.2) is 9.91 Å². The van der Waals surface area contributed by atoms with Gasteiger partial charge in [-0.15, -0.1) is 0 Å². The van der Waals surface area contributed by atoms with Crippen molar-refractivity contribution in [1.29, 1.82) is 0 Å². The van der Waals surface area contributed by atoms with Gasteiger partial charge in [0.05, 0.1) is 9.40 Å². The third kappa shape index (κ3) is 3.21. The van der Waals surface area contributed by atoms with Gasteiger partial charge in [0.25, 0.3) is 0 Å². The van der Waals surface area contributed by atoms with Gasteiger partial charge in [0.1, 0.15) is 11.8 Å². The molecule has 7 heteroatoms. The summed E-state index contributed by atoms with van der Waals surface area (Å²) in [6, 6.07) is 8.10. The lowest BCUT2D eigenvalue weighted by atomic mass is 10.3. The molecule has 0 saturated carbocycles. The molecule has 0 saturated heterocycles. The van der Waals surface area contributed by atoms with E-state index >= 15 is 0 Å². The predicted octanol–water partition coefficient (Wildman–Crippen LogP) is 3.98. The lowest BCUT2D eigenvalue weighted by Gasteiger charge is -2.09. The molecule has 1 aromatic heterocycles. The number of nitrogens with zero attached hydrogens (tertiary/aromatic N) is 2. The Hall–Kier alpha value is -1.66. The molecule has 0 spiro atoms. The Bertz CT molecular complexity index is 622. The molecule has 0 fully saturated rings. The number of benzene rings is 1. The molecule has 98 valence electrons. The maximum atomic E-state index is 10.9. The standard InChI is InChI=1S/C12H8BrClN2O3/c13-9-4-1-5-10(16(17)18)11(9)19-7-8-3-2-6-15-12(8)14/h1-6H,7H2. The van der Waals surface area contributed by atoms with E-state index in [0.29, 0.717) is 15.2 Å². The van der Waals surface area contributed by atoms with E-state index in [1.165, 1.54) is 6.07 Å². The van der Waals surface area contributed by atoms with Crippen LogP contribution in [0.5, 0.6) is 5.75 Å². The van der Waals surface area contributed by atoms with Crippen LogP contribution in [0.15, 0.2) is 41.0 Å². The largest absolute Gasteiger partial charge is 0.481 e. The first-order valence-electron chi connectivity index (χ1n) is 5.24. The van der Waals surface area contributed by atoms with Crippen molar-refractivity contribution in [3.05, 3.63) is 61.8 Å². The number of hydrogen-bond donors (Lipinski definition) is 0. The smallest absolute Gasteiger partial charge is 0.312 e. The number of halogens is 2. The Kier molecular flexibility index (Phi) is 4.34. The molecule has 0 bridgehead atoms. The predicted molar refractivity (Wildman–Crippen MR) is 74.4 cm³/mol. The fourth-order valence-electron chi connectivity index (χ4n) is 1.46. The molecule has 5 nitrogen and oxygen atoms in total. The van der Waals surface area contributed by atoms with E-state index in [1.54, 1.807) is 30.5 Å². The first-order chi connectivity index (χ1) is 9.09. The van der Waals surface area contributed by atoms with Gasteiger partial charge in [0, 0.05) is 17.8 Å². The molecule has 0 unspecified atom stereocenters. The zero-order valence-electron chi connectivity index (χ0n) is 9.55. The van der Waals surface area contributed by atoms with Gasteiger partial charge < -0.3 is 4.74 Å². The highest BCUT2D eigenvalue weighted by Gasteiger charge is 2.18. The zero-order chi connectivity index (χ0) is 13.8. The molecule has 0 amide bonds. The topological polar surface area (TPSA) is 65.3 Å². The van der Waals surface area contributed by atoms with Gasteiger partial charge >= 0.3 is 5.69 Å². The fraction of sp³-hybridized carbons (Fsp3) is 0.0833. The molecule has 0 aliphatic heterocycles. The summed E-state index contributed by atoms with van der Waals surface area (Å²) < 4.78 is 6.00. The molecule has 2 rings (SSSR count). The molecule has 0 N–H and O–H groups in total. The summed E-state index contributed by atoms with van der Waals surface area (Å²) in [5.74, 6) is 0.174. The third-order valence-electron chi connectivity index (χ3n) is 2.35. The summed E-state index contributed by atoms with van der Waals surface area (Å²) >= 11 is 9.13. The Morgan fingerprint density at radius 2 is 2.16 bits per heavy atom. The van der Waals surface area contributed by atoms with Gasteiger partial charge in [-0.05, 0) is 28.1 Å². The van der Waals surface area contributed by atoms with E-state index in [1.807, 2.05) is 0 Å². The average Bonchev–Trinajstić information content (AvgIpc) is 2.38. The number of ether oxygens (including phenoxy) is 1. The third-order valence-corrected chi connectivity index (χ3v) is 3.32. The van der Waals surface area contributed by atoms with Crippen molar-refractivity contribution in [2.24, 2.45) is 0 Å². The number of nitro benzene ring substituents is 1. The number of hydrogen-bond acceptors (Lipinski definition) is 4. The minimum Gasteiger partial charge on any atom is -0.481 e. The highest BCUT2D eigenvalue weighted by molar-refractivity contribution is 9.10. The van der Waals surface area contributed by atoms with Crippen molar-refractivity contribution in [2.75, 3.05) is 0 Å². The van der Waals surface area contributed by atoms with Crippen LogP contribution in [0.1, 0.15) is 5.56 Å². The van der Waals surface area contributed by atoms with Gasteiger partial charge in [-0.25, -0.2) is 4.98 Å². The van der Waals surface area contributed by atoms with Crippen LogP contribution in [0.3, 0.4) is 0 Å². The molecule has 1 aromatic carbocycles. The van der Waals surface area contributed by atoms with Gasteiger partial charge in [-0.1, -0.05) is 23.7 Å². The molecule has 0 aliphatic carbocycles. The van der Waals surface area contributed by atoms with Gasteiger partial charge in [-0.2, -0.15) is 0 Å². The lowest BCUT2D eigenvalue weighted by molar-refractivity contribution is -0.386. The summed E-state index contributed by atoms with van der Waals surface area (Å²) in [5.41, 5.74) is 0.559. The Labute approximate surface area is 122 Å².